The van der Waals surface area contributed by atoms with Gasteiger partial charge in [0.2, 0.25) is 0 Å². The van der Waals surface area contributed by atoms with E-state index >= 15 is 0 Å². The van der Waals surface area contributed by atoms with Crippen molar-refractivity contribution in [1.82, 2.24) is 0 Å². The molecule has 0 saturated heterocycles. The fourth-order valence-corrected chi connectivity index (χ4v) is 1.62. The van der Waals surface area contributed by atoms with Gasteiger partial charge < -0.3 is 0 Å². The van der Waals surface area contributed by atoms with Gasteiger partial charge in [0.15, 0.2) is 5.78 Å². The van der Waals surface area contributed by atoms with Crippen LogP contribution in [0.2, 0.25) is 0 Å². The molecule has 1 rings (SSSR count). The molecule has 15 heavy (non-hydrogen) atoms. The highest BCUT2D eigenvalue weighted by atomic mass is 79.9. The molecule has 0 radical (unpaired) electrons. The second kappa shape index (κ2) is 5.86. The Bertz CT molecular complexity index is 369. The highest BCUT2D eigenvalue weighted by Gasteiger charge is 2.06. The number of Topliss-reactive ketones (excluding diaryl/α,β-unsaturated/α-hetero) is 1. The molecular weight excluding hydrogens is 252 g/mol. The van der Waals surface area contributed by atoms with Gasteiger partial charge >= 0.3 is 0 Å². The minimum absolute atomic E-state index is 0.215. The second-order valence-corrected chi connectivity index (χ2v) is 4.42. The lowest BCUT2D eigenvalue weighted by atomic mass is 10.0. The zero-order chi connectivity index (χ0) is 11.3. The average molecular weight is 267 g/mol. The fourth-order valence-electron chi connectivity index (χ4n) is 1.37. The summed E-state index contributed by atoms with van der Waals surface area (Å²) in [4.78, 5) is 11.7. The number of aryl methyl sites for hydroxylation is 1. The Balaban J connectivity index is 2.65. The van der Waals surface area contributed by atoms with Gasteiger partial charge in [-0.15, -0.1) is 6.58 Å². The molecule has 0 aliphatic heterocycles. The molecule has 1 nitrogen and oxygen atoms in total. The van der Waals surface area contributed by atoms with Crippen molar-refractivity contribution in [2.75, 3.05) is 0 Å². The van der Waals surface area contributed by atoms with Crippen LogP contribution in [0.3, 0.4) is 0 Å². The lowest BCUT2D eigenvalue weighted by Crippen LogP contribution is -1.99. The summed E-state index contributed by atoms with van der Waals surface area (Å²) >= 11 is 3.42. The minimum atomic E-state index is 0.215. The van der Waals surface area contributed by atoms with E-state index in [9.17, 15) is 4.79 Å². The maximum Gasteiger partial charge on any atom is 0.162 e. The summed E-state index contributed by atoms with van der Waals surface area (Å²) in [5, 5.41) is 0. The molecule has 0 spiro atoms. The number of ketones is 1. The van der Waals surface area contributed by atoms with Gasteiger partial charge in [0.1, 0.15) is 0 Å². The SMILES string of the molecule is C=CCCCC(=O)c1ccc(Br)c(C)c1. The quantitative estimate of drug-likeness (QED) is 0.441. The Morgan fingerprint density at radius 2 is 2.27 bits per heavy atom. The van der Waals surface area contributed by atoms with Crippen molar-refractivity contribution in [3.05, 3.63) is 46.5 Å². The summed E-state index contributed by atoms with van der Waals surface area (Å²) in [6.45, 7) is 5.63. The predicted molar refractivity (Wildman–Crippen MR) is 67.3 cm³/mol. The summed E-state index contributed by atoms with van der Waals surface area (Å²) in [6, 6.07) is 5.73. The molecule has 0 aromatic heterocycles. The molecule has 0 N–H and O–H groups in total. The number of rotatable bonds is 5. The Hall–Kier alpha value is -0.890. The Labute approximate surface area is 99.3 Å². The number of hydrogen-bond donors (Lipinski definition) is 0. The first kappa shape index (κ1) is 12.2. The van der Waals surface area contributed by atoms with E-state index in [1.807, 2.05) is 31.2 Å². The van der Waals surface area contributed by atoms with Crippen LogP contribution in [-0.4, -0.2) is 5.78 Å². The lowest BCUT2D eigenvalue weighted by molar-refractivity contribution is 0.0980. The van der Waals surface area contributed by atoms with E-state index < -0.39 is 0 Å². The van der Waals surface area contributed by atoms with Crippen LogP contribution in [0.5, 0.6) is 0 Å². The van der Waals surface area contributed by atoms with Crippen molar-refractivity contribution in [2.24, 2.45) is 0 Å². The van der Waals surface area contributed by atoms with Crippen molar-refractivity contribution in [2.45, 2.75) is 26.2 Å². The third kappa shape index (κ3) is 3.63. The van der Waals surface area contributed by atoms with Gasteiger partial charge in [0.25, 0.3) is 0 Å². The molecule has 1 aromatic rings. The molecule has 0 atom stereocenters. The lowest BCUT2D eigenvalue weighted by Gasteiger charge is -2.03. The van der Waals surface area contributed by atoms with Gasteiger partial charge in [-0.3, -0.25) is 4.79 Å². The predicted octanol–water partition coefficient (Wildman–Crippen LogP) is 4.30. The van der Waals surface area contributed by atoms with Crippen LogP contribution < -0.4 is 0 Å². The second-order valence-electron chi connectivity index (χ2n) is 3.57. The maximum atomic E-state index is 11.7. The van der Waals surface area contributed by atoms with E-state index in [0.717, 1.165) is 28.4 Å². The van der Waals surface area contributed by atoms with Crippen LogP contribution in [0, 0.1) is 6.92 Å². The smallest absolute Gasteiger partial charge is 0.162 e. The Kier molecular flexibility index (Phi) is 4.76. The molecule has 0 aliphatic rings. The largest absolute Gasteiger partial charge is 0.294 e. The molecule has 0 bridgehead atoms. The summed E-state index contributed by atoms with van der Waals surface area (Å²) in [6.07, 6.45) is 4.24. The zero-order valence-electron chi connectivity index (χ0n) is 8.92. The van der Waals surface area contributed by atoms with Crippen molar-refractivity contribution < 1.29 is 4.79 Å². The van der Waals surface area contributed by atoms with Crippen molar-refractivity contribution in [1.29, 1.82) is 0 Å². The van der Waals surface area contributed by atoms with Gasteiger partial charge in [-0.1, -0.05) is 28.1 Å². The van der Waals surface area contributed by atoms with Gasteiger partial charge in [-0.2, -0.15) is 0 Å². The monoisotopic (exact) mass is 266 g/mol. The first-order chi connectivity index (χ1) is 7.15. The number of allylic oxidation sites excluding steroid dienone is 1. The molecule has 80 valence electrons. The van der Waals surface area contributed by atoms with Gasteiger partial charge in [-0.25, -0.2) is 0 Å². The first-order valence-electron chi connectivity index (χ1n) is 5.05. The normalized spacial score (nSPS) is 10.0. The molecular formula is C13H15BrO. The number of benzene rings is 1. The third-order valence-electron chi connectivity index (χ3n) is 2.29. The van der Waals surface area contributed by atoms with Crippen molar-refractivity contribution in [3.63, 3.8) is 0 Å². The molecule has 0 heterocycles. The van der Waals surface area contributed by atoms with E-state index in [1.165, 1.54) is 0 Å². The number of unbranched alkanes of at least 4 members (excludes halogenated alkanes) is 1. The highest BCUT2D eigenvalue weighted by molar-refractivity contribution is 9.10. The molecule has 0 unspecified atom stereocenters. The molecule has 2 heteroatoms. The molecule has 0 amide bonds. The van der Waals surface area contributed by atoms with Gasteiger partial charge in [-0.05, 0) is 37.5 Å². The van der Waals surface area contributed by atoms with Crippen LogP contribution in [0.25, 0.3) is 0 Å². The number of carbonyl (C=O) groups is 1. The third-order valence-corrected chi connectivity index (χ3v) is 3.18. The van der Waals surface area contributed by atoms with Crippen molar-refractivity contribution >= 4 is 21.7 Å². The fraction of sp³-hybridized carbons (Fsp3) is 0.308. The number of carbonyl (C=O) groups excluding carboxylic acids is 1. The van der Waals surface area contributed by atoms with Crippen LogP contribution in [0.15, 0.2) is 35.3 Å². The van der Waals surface area contributed by atoms with Crippen LogP contribution in [0.1, 0.15) is 35.2 Å². The molecule has 0 saturated carbocycles. The van der Waals surface area contributed by atoms with Crippen LogP contribution in [-0.2, 0) is 0 Å². The van der Waals surface area contributed by atoms with E-state index in [-0.39, 0.29) is 5.78 Å². The highest BCUT2D eigenvalue weighted by Crippen LogP contribution is 2.18. The molecule has 0 fully saturated rings. The van der Waals surface area contributed by atoms with Gasteiger partial charge in [0, 0.05) is 16.5 Å². The maximum absolute atomic E-state index is 11.7. The number of halogens is 1. The summed E-state index contributed by atoms with van der Waals surface area (Å²) in [5.41, 5.74) is 1.91. The molecule has 0 aliphatic carbocycles. The topological polar surface area (TPSA) is 17.1 Å². The van der Waals surface area contributed by atoms with E-state index in [2.05, 4.69) is 22.5 Å². The summed E-state index contributed by atoms with van der Waals surface area (Å²) in [5.74, 6) is 0.215. The van der Waals surface area contributed by atoms with Crippen LogP contribution in [0.4, 0.5) is 0 Å². The minimum Gasteiger partial charge on any atom is -0.294 e. The van der Waals surface area contributed by atoms with Crippen LogP contribution >= 0.6 is 15.9 Å². The van der Waals surface area contributed by atoms with Gasteiger partial charge in [0.05, 0.1) is 0 Å². The Morgan fingerprint density at radius 1 is 1.53 bits per heavy atom. The Morgan fingerprint density at radius 3 is 2.87 bits per heavy atom. The molecule has 1 aromatic carbocycles. The van der Waals surface area contributed by atoms with Crippen molar-refractivity contribution in [3.8, 4) is 0 Å². The average Bonchev–Trinajstić information content (AvgIpc) is 2.22. The zero-order valence-corrected chi connectivity index (χ0v) is 10.5. The summed E-state index contributed by atoms with van der Waals surface area (Å²) in [7, 11) is 0. The first-order valence-corrected chi connectivity index (χ1v) is 5.84. The van der Waals surface area contributed by atoms with E-state index in [4.69, 9.17) is 0 Å². The summed E-state index contributed by atoms with van der Waals surface area (Å²) < 4.78 is 1.05. The van der Waals surface area contributed by atoms with E-state index in [1.54, 1.807) is 0 Å². The number of hydrogen-bond acceptors (Lipinski definition) is 1. The standard InChI is InChI=1S/C13H15BrO/c1-3-4-5-6-13(15)11-7-8-12(14)10(2)9-11/h3,7-9H,1,4-6H2,2H3. The van der Waals surface area contributed by atoms with E-state index in [0.29, 0.717) is 6.42 Å².